The van der Waals surface area contributed by atoms with Gasteiger partial charge in [-0.05, 0) is 36.4 Å². The van der Waals surface area contributed by atoms with Crippen molar-refractivity contribution < 1.29 is 14.6 Å². The number of aromatic carboxylic acids is 1. The molecule has 0 aromatic heterocycles. The average Bonchev–Trinajstić information content (AvgIpc) is 2.34. The summed E-state index contributed by atoms with van der Waals surface area (Å²) in [5, 5.41) is 9.92. The number of carboxylic acids is 1. The fourth-order valence-corrected chi connectivity index (χ4v) is 2.24. The van der Waals surface area contributed by atoms with Gasteiger partial charge >= 0.3 is 5.97 Å². The van der Waals surface area contributed by atoms with Crippen molar-refractivity contribution in [1.82, 2.24) is 0 Å². The van der Waals surface area contributed by atoms with E-state index in [0.717, 1.165) is 0 Å². The zero-order valence-electron chi connectivity index (χ0n) is 9.36. The van der Waals surface area contributed by atoms with Crippen LogP contribution in [0.3, 0.4) is 0 Å². The Kier molecular flexibility index (Phi) is 4.34. The first-order chi connectivity index (χ1) is 8.97. The molecule has 0 saturated heterocycles. The summed E-state index contributed by atoms with van der Waals surface area (Å²) in [6.07, 6.45) is 0. The maximum absolute atomic E-state index is 11.1. The molecule has 19 heavy (non-hydrogen) atoms. The molecule has 0 heterocycles. The van der Waals surface area contributed by atoms with Gasteiger partial charge in [-0.1, -0.05) is 39.1 Å². The van der Waals surface area contributed by atoms with Crippen LogP contribution in [-0.2, 0) is 0 Å². The van der Waals surface area contributed by atoms with Crippen LogP contribution in [0.4, 0.5) is 0 Å². The minimum absolute atomic E-state index is 0.0420. The van der Waals surface area contributed by atoms with Gasteiger partial charge < -0.3 is 9.84 Å². The molecule has 2 rings (SSSR count). The molecule has 3 nitrogen and oxygen atoms in total. The lowest BCUT2D eigenvalue weighted by atomic mass is 10.2. The van der Waals surface area contributed by atoms with Gasteiger partial charge in [0, 0.05) is 9.50 Å². The number of carbonyl (C=O) groups is 1. The Morgan fingerprint density at radius 1 is 1.11 bits per heavy atom. The molecule has 6 heteroatoms. The van der Waals surface area contributed by atoms with Gasteiger partial charge in [0.25, 0.3) is 0 Å². The fraction of sp³-hybridized carbons (Fsp3) is 0. The minimum atomic E-state index is -1.08. The quantitative estimate of drug-likeness (QED) is 0.812. The molecule has 0 aliphatic carbocycles. The van der Waals surface area contributed by atoms with E-state index < -0.39 is 5.97 Å². The van der Waals surface area contributed by atoms with E-state index >= 15 is 0 Å². The van der Waals surface area contributed by atoms with Gasteiger partial charge in [-0.3, -0.25) is 0 Å². The first-order valence-electron chi connectivity index (χ1n) is 5.13. The molecule has 0 spiro atoms. The first-order valence-corrected chi connectivity index (χ1v) is 6.68. The molecule has 0 bridgehead atoms. The summed E-state index contributed by atoms with van der Waals surface area (Å²) in [6, 6.07) is 9.42. The zero-order chi connectivity index (χ0) is 14.0. The van der Waals surface area contributed by atoms with E-state index in [1.165, 1.54) is 12.1 Å². The summed E-state index contributed by atoms with van der Waals surface area (Å²) in [4.78, 5) is 11.1. The summed E-state index contributed by atoms with van der Waals surface area (Å²) in [7, 11) is 0. The van der Waals surface area contributed by atoms with E-state index in [0.29, 0.717) is 20.3 Å². The predicted octanol–water partition coefficient (Wildman–Crippen LogP) is 5.25. The molecule has 0 saturated carbocycles. The second-order valence-electron chi connectivity index (χ2n) is 3.62. The second kappa shape index (κ2) is 5.82. The van der Waals surface area contributed by atoms with Crippen LogP contribution in [0.15, 0.2) is 40.9 Å². The van der Waals surface area contributed by atoms with Crippen LogP contribution in [0.5, 0.6) is 11.5 Å². The van der Waals surface area contributed by atoms with Crippen molar-refractivity contribution in [2.24, 2.45) is 0 Å². The SMILES string of the molecule is O=C(O)c1cc(Br)ccc1Oc1ccc(Cl)cc1Cl. The molecule has 1 N–H and O–H groups in total. The maximum Gasteiger partial charge on any atom is 0.339 e. The van der Waals surface area contributed by atoms with Crippen molar-refractivity contribution >= 4 is 45.1 Å². The molecule has 0 fully saturated rings. The largest absolute Gasteiger partial charge is 0.478 e. The normalized spacial score (nSPS) is 10.3. The van der Waals surface area contributed by atoms with Crippen LogP contribution >= 0.6 is 39.1 Å². The van der Waals surface area contributed by atoms with Crippen molar-refractivity contribution in [2.75, 3.05) is 0 Å². The van der Waals surface area contributed by atoms with Gasteiger partial charge in [-0.15, -0.1) is 0 Å². The molecule has 98 valence electrons. The van der Waals surface area contributed by atoms with E-state index in [1.54, 1.807) is 24.3 Å². The molecular weight excluding hydrogens is 355 g/mol. The lowest BCUT2D eigenvalue weighted by molar-refractivity contribution is 0.0694. The highest BCUT2D eigenvalue weighted by Crippen LogP contribution is 2.34. The van der Waals surface area contributed by atoms with Gasteiger partial charge in [0.15, 0.2) is 0 Å². The summed E-state index contributed by atoms with van der Waals surface area (Å²) < 4.78 is 6.17. The molecule has 0 unspecified atom stereocenters. The molecule has 0 amide bonds. The van der Waals surface area contributed by atoms with Crippen molar-refractivity contribution in [3.8, 4) is 11.5 Å². The molecule has 0 radical (unpaired) electrons. The highest BCUT2D eigenvalue weighted by Gasteiger charge is 2.14. The third-order valence-corrected chi connectivity index (χ3v) is 3.31. The van der Waals surface area contributed by atoms with Crippen molar-refractivity contribution in [1.29, 1.82) is 0 Å². The summed E-state index contributed by atoms with van der Waals surface area (Å²) in [5.74, 6) is -0.530. The Labute approximate surface area is 127 Å². The topological polar surface area (TPSA) is 46.5 Å². The van der Waals surface area contributed by atoms with Crippen molar-refractivity contribution in [3.05, 3.63) is 56.5 Å². The van der Waals surface area contributed by atoms with Crippen LogP contribution in [0.2, 0.25) is 10.0 Å². The fourth-order valence-electron chi connectivity index (χ4n) is 1.43. The van der Waals surface area contributed by atoms with Gasteiger partial charge in [0.1, 0.15) is 17.1 Å². The van der Waals surface area contributed by atoms with Crippen LogP contribution in [0.1, 0.15) is 10.4 Å². The third kappa shape index (κ3) is 3.41. The Bertz CT molecular complexity index is 644. The van der Waals surface area contributed by atoms with Crippen molar-refractivity contribution in [3.63, 3.8) is 0 Å². The molecule has 2 aromatic rings. The van der Waals surface area contributed by atoms with Crippen LogP contribution in [0, 0.1) is 0 Å². The Morgan fingerprint density at radius 3 is 2.42 bits per heavy atom. The summed E-state index contributed by atoms with van der Waals surface area (Å²) in [5.41, 5.74) is 0.0420. The maximum atomic E-state index is 11.1. The summed E-state index contributed by atoms with van der Waals surface area (Å²) in [6.45, 7) is 0. The molecule has 0 aliphatic rings. The number of halogens is 3. The number of ether oxygens (including phenoxy) is 1. The van der Waals surface area contributed by atoms with E-state index in [-0.39, 0.29) is 11.3 Å². The number of benzene rings is 2. The van der Waals surface area contributed by atoms with Crippen molar-refractivity contribution in [2.45, 2.75) is 0 Å². The molecule has 0 aliphatic heterocycles. The van der Waals surface area contributed by atoms with Crippen LogP contribution in [0.25, 0.3) is 0 Å². The average molecular weight is 362 g/mol. The monoisotopic (exact) mass is 360 g/mol. The van der Waals surface area contributed by atoms with E-state index in [4.69, 9.17) is 33.0 Å². The predicted molar refractivity (Wildman–Crippen MR) is 77.6 cm³/mol. The highest BCUT2D eigenvalue weighted by molar-refractivity contribution is 9.10. The van der Waals surface area contributed by atoms with Gasteiger partial charge in [0.05, 0.1) is 5.02 Å². The molecule has 2 aromatic carbocycles. The van der Waals surface area contributed by atoms with Gasteiger partial charge in [-0.25, -0.2) is 4.79 Å². The van der Waals surface area contributed by atoms with Gasteiger partial charge in [-0.2, -0.15) is 0 Å². The number of hydrogen-bond donors (Lipinski definition) is 1. The molecule has 0 atom stereocenters. The van der Waals surface area contributed by atoms with Crippen LogP contribution < -0.4 is 4.74 Å². The van der Waals surface area contributed by atoms with E-state index in [2.05, 4.69) is 15.9 Å². The number of rotatable bonds is 3. The summed E-state index contributed by atoms with van der Waals surface area (Å²) >= 11 is 15.0. The first kappa shape index (κ1) is 14.2. The van der Waals surface area contributed by atoms with E-state index in [9.17, 15) is 4.79 Å². The highest BCUT2D eigenvalue weighted by atomic mass is 79.9. The Hall–Kier alpha value is -1.23. The Morgan fingerprint density at radius 2 is 1.79 bits per heavy atom. The second-order valence-corrected chi connectivity index (χ2v) is 5.38. The van der Waals surface area contributed by atoms with Crippen LogP contribution in [-0.4, -0.2) is 11.1 Å². The lowest BCUT2D eigenvalue weighted by Gasteiger charge is -2.10. The lowest BCUT2D eigenvalue weighted by Crippen LogP contribution is -2.00. The number of carboxylic acid groups (broad SMARTS) is 1. The molecular formula is C13H7BrCl2O3. The van der Waals surface area contributed by atoms with Gasteiger partial charge in [0.2, 0.25) is 0 Å². The Balaban J connectivity index is 2.40. The smallest absolute Gasteiger partial charge is 0.339 e. The minimum Gasteiger partial charge on any atom is -0.478 e. The van der Waals surface area contributed by atoms with E-state index in [1.807, 2.05) is 0 Å². The zero-order valence-corrected chi connectivity index (χ0v) is 12.5. The standard InChI is InChI=1S/C13H7BrCl2O3/c14-7-1-3-11(9(5-7)13(17)18)19-12-4-2-8(15)6-10(12)16/h1-6H,(H,17,18). The number of hydrogen-bond acceptors (Lipinski definition) is 2. The third-order valence-electron chi connectivity index (χ3n) is 2.29.